The predicted octanol–water partition coefficient (Wildman–Crippen LogP) is 2.28. The normalized spacial score (nSPS) is 11.0. The smallest absolute Gasteiger partial charge is 0.281 e. The Morgan fingerprint density at radius 3 is 2.86 bits per heavy atom. The SMILES string of the molecule is C/C(CC(=O)Nc1cccnc1)=N\NC(=O)c1cccs1. The van der Waals surface area contributed by atoms with E-state index in [0.29, 0.717) is 16.3 Å². The van der Waals surface area contributed by atoms with Gasteiger partial charge in [0.2, 0.25) is 5.91 Å². The highest BCUT2D eigenvalue weighted by molar-refractivity contribution is 7.12. The highest BCUT2D eigenvalue weighted by Gasteiger charge is 2.07. The van der Waals surface area contributed by atoms with Gasteiger partial charge in [-0.1, -0.05) is 6.07 Å². The van der Waals surface area contributed by atoms with Gasteiger partial charge in [-0.2, -0.15) is 5.10 Å². The van der Waals surface area contributed by atoms with E-state index in [4.69, 9.17) is 0 Å². The first-order valence-corrected chi connectivity index (χ1v) is 7.10. The van der Waals surface area contributed by atoms with E-state index in [9.17, 15) is 9.59 Å². The monoisotopic (exact) mass is 302 g/mol. The molecular weight excluding hydrogens is 288 g/mol. The molecule has 2 N–H and O–H groups in total. The Labute approximate surface area is 125 Å². The molecule has 0 aliphatic rings. The molecule has 0 aliphatic heterocycles. The van der Waals surface area contributed by atoms with Crippen molar-refractivity contribution in [1.82, 2.24) is 10.4 Å². The molecule has 0 unspecified atom stereocenters. The molecule has 0 aromatic carbocycles. The number of anilines is 1. The van der Waals surface area contributed by atoms with Crippen LogP contribution in [0.25, 0.3) is 0 Å². The lowest BCUT2D eigenvalue weighted by Gasteiger charge is -2.04. The van der Waals surface area contributed by atoms with Crippen LogP contribution in [0.5, 0.6) is 0 Å². The van der Waals surface area contributed by atoms with Crippen LogP contribution in [-0.4, -0.2) is 22.5 Å². The first-order chi connectivity index (χ1) is 10.1. The summed E-state index contributed by atoms with van der Waals surface area (Å²) < 4.78 is 0. The summed E-state index contributed by atoms with van der Waals surface area (Å²) in [6.45, 7) is 1.68. The molecule has 0 radical (unpaired) electrons. The summed E-state index contributed by atoms with van der Waals surface area (Å²) in [6, 6.07) is 6.98. The van der Waals surface area contributed by atoms with Gasteiger partial charge in [0.1, 0.15) is 0 Å². The molecule has 2 aromatic rings. The van der Waals surface area contributed by atoms with Crippen molar-refractivity contribution < 1.29 is 9.59 Å². The minimum absolute atomic E-state index is 0.0968. The van der Waals surface area contributed by atoms with Crippen LogP contribution in [0.15, 0.2) is 47.1 Å². The van der Waals surface area contributed by atoms with Crippen LogP contribution in [0.4, 0.5) is 5.69 Å². The van der Waals surface area contributed by atoms with E-state index in [1.165, 1.54) is 11.3 Å². The molecule has 21 heavy (non-hydrogen) atoms. The van der Waals surface area contributed by atoms with E-state index >= 15 is 0 Å². The summed E-state index contributed by atoms with van der Waals surface area (Å²) in [6.07, 6.45) is 3.28. The second-order valence-electron chi connectivity index (χ2n) is 4.23. The molecule has 0 saturated carbocycles. The summed E-state index contributed by atoms with van der Waals surface area (Å²) in [5, 5.41) is 8.42. The zero-order valence-corrected chi connectivity index (χ0v) is 12.2. The molecular formula is C14H14N4O2S. The molecule has 0 saturated heterocycles. The minimum atomic E-state index is -0.281. The Bertz CT molecular complexity index is 638. The largest absolute Gasteiger partial charge is 0.324 e. The van der Waals surface area contributed by atoms with Gasteiger partial charge in [0.25, 0.3) is 5.91 Å². The zero-order chi connectivity index (χ0) is 15.1. The van der Waals surface area contributed by atoms with Crippen molar-refractivity contribution in [1.29, 1.82) is 0 Å². The van der Waals surface area contributed by atoms with Gasteiger partial charge in [0.15, 0.2) is 0 Å². The highest BCUT2D eigenvalue weighted by Crippen LogP contribution is 2.07. The van der Waals surface area contributed by atoms with Gasteiger partial charge >= 0.3 is 0 Å². The van der Waals surface area contributed by atoms with Crippen molar-refractivity contribution in [3.8, 4) is 0 Å². The summed E-state index contributed by atoms with van der Waals surface area (Å²) in [4.78, 5) is 27.9. The Kier molecular flexibility index (Phi) is 5.16. The summed E-state index contributed by atoms with van der Waals surface area (Å²) in [5.74, 6) is -0.494. The fourth-order valence-corrected chi connectivity index (χ4v) is 2.14. The number of nitrogens with zero attached hydrogens (tertiary/aromatic N) is 2. The molecule has 0 aliphatic carbocycles. The number of pyridine rings is 1. The summed E-state index contributed by atoms with van der Waals surface area (Å²) in [7, 11) is 0. The number of hydrogen-bond acceptors (Lipinski definition) is 5. The summed E-state index contributed by atoms with van der Waals surface area (Å²) >= 11 is 1.33. The van der Waals surface area contributed by atoms with E-state index in [1.54, 1.807) is 43.6 Å². The molecule has 0 atom stereocenters. The third-order valence-corrected chi connectivity index (χ3v) is 3.32. The number of hydrogen-bond donors (Lipinski definition) is 2. The maximum Gasteiger partial charge on any atom is 0.281 e. The van der Waals surface area contributed by atoms with Gasteiger partial charge in [0.05, 0.1) is 23.2 Å². The molecule has 0 bridgehead atoms. The van der Waals surface area contributed by atoms with Crippen molar-refractivity contribution in [2.45, 2.75) is 13.3 Å². The van der Waals surface area contributed by atoms with E-state index < -0.39 is 0 Å². The Balaban J connectivity index is 1.83. The van der Waals surface area contributed by atoms with Crippen molar-refractivity contribution in [2.75, 3.05) is 5.32 Å². The van der Waals surface area contributed by atoms with Gasteiger partial charge < -0.3 is 5.32 Å². The van der Waals surface area contributed by atoms with Crippen LogP contribution >= 0.6 is 11.3 Å². The van der Waals surface area contributed by atoms with Crippen LogP contribution in [0.1, 0.15) is 23.0 Å². The van der Waals surface area contributed by atoms with Gasteiger partial charge in [-0.15, -0.1) is 11.3 Å². The maximum atomic E-state index is 11.8. The number of nitrogens with one attached hydrogen (secondary N) is 2. The average molecular weight is 302 g/mol. The number of thiophene rings is 1. The lowest BCUT2D eigenvalue weighted by atomic mass is 10.3. The number of carbonyl (C=O) groups is 2. The van der Waals surface area contributed by atoms with E-state index in [-0.39, 0.29) is 18.2 Å². The fourth-order valence-electron chi connectivity index (χ4n) is 1.52. The van der Waals surface area contributed by atoms with Gasteiger partial charge in [-0.3, -0.25) is 14.6 Å². The van der Waals surface area contributed by atoms with Gasteiger partial charge in [0, 0.05) is 11.9 Å². The van der Waals surface area contributed by atoms with Crippen molar-refractivity contribution in [2.24, 2.45) is 5.10 Å². The zero-order valence-electron chi connectivity index (χ0n) is 11.4. The van der Waals surface area contributed by atoms with Crippen LogP contribution in [0.3, 0.4) is 0 Å². The Hall–Kier alpha value is -2.54. The molecule has 108 valence electrons. The topological polar surface area (TPSA) is 83.4 Å². The molecule has 2 amide bonds. The predicted molar refractivity (Wildman–Crippen MR) is 82.4 cm³/mol. The summed E-state index contributed by atoms with van der Waals surface area (Å²) in [5.41, 5.74) is 3.56. The minimum Gasteiger partial charge on any atom is -0.324 e. The number of carbonyl (C=O) groups excluding carboxylic acids is 2. The second kappa shape index (κ2) is 7.30. The standard InChI is InChI=1S/C14H14N4O2S/c1-10(17-18-14(20)12-5-3-7-21-12)8-13(19)16-11-4-2-6-15-9-11/h2-7,9H,8H2,1H3,(H,16,19)(H,18,20)/b17-10+. The Morgan fingerprint density at radius 2 is 2.19 bits per heavy atom. The average Bonchev–Trinajstić information content (AvgIpc) is 3.00. The number of hydrazone groups is 1. The van der Waals surface area contributed by atoms with Crippen LogP contribution in [-0.2, 0) is 4.79 Å². The first kappa shape index (κ1) is 14.9. The number of amides is 2. The molecule has 0 spiro atoms. The fraction of sp³-hybridized carbons (Fsp3) is 0.143. The van der Waals surface area contributed by atoms with Gasteiger partial charge in [-0.25, -0.2) is 5.43 Å². The van der Waals surface area contributed by atoms with Crippen molar-refractivity contribution in [3.63, 3.8) is 0 Å². The van der Waals surface area contributed by atoms with Gasteiger partial charge in [-0.05, 0) is 30.5 Å². The van der Waals surface area contributed by atoms with E-state index in [0.717, 1.165) is 0 Å². The molecule has 2 rings (SSSR count). The molecule has 2 heterocycles. The highest BCUT2D eigenvalue weighted by atomic mass is 32.1. The van der Waals surface area contributed by atoms with Crippen molar-refractivity contribution in [3.05, 3.63) is 46.9 Å². The maximum absolute atomic E-state index is 11.8. The first-order valence-electron chi connectivity index (χ1n) is 6.22. The molecule has 0 fully saturated rings. The lowest BCUT2D eigenvalue weighted by molar-refractivity contribution is -0.115. The molecule has 7 heteroatoms. The third-order valence-electron chi connectivity index (χ3n) is 2.45. The van der Waals surface area contributed by atoms with Crippen LogP contribution < -0.4 is 10.7 Å². The number of rotatable bonds is 5. The Morgan fingerprint density at radius 1 is 1.33 bits per heavy atom. The third kappa shape index (κ3) is 4.81. The van der Waals surface area contributed by atoms with Crippen LogP contribution in [0.2, 0.25) is 0 Å². The van der Waals surface area contributed by atoms with E-state index in [1.807, 2.05) is 5.38 Å². The van der Waals surface area contributed by atoms with Crippen LogP contribution in [0, 0.1) is 0 Å². The molecule has 2 aromatic heterocycles. The van der Waals surface area contributed by atoms with E-state index in [2.05, 4.69) is 20.8 Å². The number of aromatic nitrogens is 1. The van der Waals surface area contributed by atoms with Crippen molar-refractivity contribution >= 4 is 34.6 Å². The quantitative estimate of drug-likeness (QED) is 0.656. The lowest BCUT2D eigenvalue weighted by Crippen LogP contribution is -2.20. The molecule has 6 nitrogen and oxygen atoms in total. The second-order valence-corrected chi connectivity index (χ2v) is 5.18.